The molecule has 0 radical (unpaired) electrons. The predicted molar refractivity (Wildman–Crippen MR) is 183 cm³/mol. The molecule has 2 aromatic heterocycles. The molecule has 2 nitrogen and oxygen atoms in total. The summed E-state index contributed by atoms with van der Waals surface area (Å²) >= 11 is 0. The van der Waals surface area contributed by atoms with E-state index in [2.05, 4.69) is 126 Å². The third kappa shape index (κ3) is 3.61. The number of hydrogen-bond acceptors (Lipinski definition) is 2. The Kier molecular flexibility index (Phi) is 5.54. The van der Waals surface area contributed by atoms with Gasteiger partial charge in [0.15, 0.2) is 0 Å². The normalized spacial score (nSPS) is 11.6. The lowest BCUT2D eigenvalue weighted by molar-refractivity contribution is 1.25. The van der Waals surface area contributed by atoms with E-state index in [1.54, 1.807) is 0 Å². The van der Waals surface area contributed by atoms with Crippen LogP contribution in [0.3, 0.4) is 0 Å². The maximum Gasteiger partial charge on any atom is 0.0964 e. The highest BCUT2D eigenvalue weighted by Gasteiger charge is 2.31. The average Bonchev–Trinajstić information content (AvgIpc) is 3.43. The number of benzene rings is 6. The summed E-state index contributed by atoms with van der Waals surface area (Å²) in [6, 6.07) is 52.2. The van der Waals surface area contributed by atoms with Gasteiger partial charge >= 0.3 is 0 Å². The molecule has 0 bridgehead atoms. The van der Waals surface area contributed by atoms with Crippen molar-refractivity contribution < 1.29 is 0 Å². The maximum atomic E-state index is 4.81. The summed E-state index contributed by atoms with van der Waals surface area (Å²) in [5.41, 5.74) is 14.2. The third-order valence-electron chi connectivity index (χ3n) is 8.93. The molecular formula is C42H26N2. The van der Waals surface area contributed by atoms with Gasteiger partial charge in [0.05, 0.1) is 11.4 Å². The van der Waals surface area contributed by atoms with E-state index in [1.165, 1.54) is 71.6 Å². The SMILES string of the molecule is c1ccc(-c2c3c(c(-c4ccccc4)c4ccccc24)-c2ccc(-c4cccnc4-c4ccccn4)c4cccc-3c24)cc1. The fraction of sp³-hybridized carbons (Fsp3) is 0. The Labute approximate surface area is 256 Å². The summed E-state index contributed by atoms with van der Waals surface area (Å²) < 4.78 is 0. The van der Waals surface area contributed by atoms with Gasteiger partial charge in [0, 0.05) is 18.0 Å². The summed E-state index contributed by atoms with van der Waals surface area (Å²) in [5, 5.41) is 5.06. The van der Waals surface area contributed by atoms with Crippen molar-refractivity contribution in [3.8, 4) is 67.0 Å². The molecule has 204 valence electrons. The van der Waals surface area contributed by atoms with Gasteiger partial charge in [-0.3, -0.25) is 9.97 Å². The van der Waals surface area contributed by atoms with Crippen molar-refractivity contribution in [1.29, 1.82) is 0 Å². The molecule has 2 heteroatoms. The molecule has 44 heavy (non-hydrogen) atoms. The minimum atomic E-state index is 0.874. The number of aromatic nitrogens is 2. The van der Waals surface area contributed by atoms with Crippen LogP contribution in [0.4, 0.5) is 0 Å². The smallest absolute Gasteiger partial charge is 0.0964 e. The lowest BCUT2D eigenvalue weighted by Crippen LogP contribution is -1.93. The first kappa shape index (κ1) is 24.7. The number of nitrogens with zero attached hydrogens (tertiary/aromatic N) is 2. The van der Waals surface area contributed by atoms with E-state index in [4.69, 9.17) is 4.98 Å². The Balaban J connectivity index is 1.43. The largest absolute Gasteiger partial charge is 0.255 e. The van der Waals surface area contributed by atoms with Gasteiger partial charge in [0.25, 0.3) is 0 Å². The Morgan fingerprint density at radius 1 is 0.318 bits per heavy atom. The summed E-state index contributed by atoms with van der Waals surface area (Å²) in [4.78, 5) is 9.47. The van der Waals surface area contributed by atoms with Crippen LogP contribution < -0.4 is 0 Å². The van der Waals surface area contributed by atoms with Gasteiger partial charge in [0.2, 0.25) is 0 Å². The Hall–Kier alpha value is -5.86. The van der Waals surface area contributed by atoms with Crippen LogP contribution in [0.2, 0.25) is 0 Å². The van der Waals surface area contributed by atoms with Crippen molar-refractivity contribution >= 4 is 21.5 Å². The number of pyridine rings is 2. The van der Waals surface area contributed by atoms with E-state index in [0.29, 0.717) is 0 Å². The van der Waals surface area contributed by atoms with Gasteiger partial charge in [-0.1, -0.05) is 127 Å². The minimum absolute atomic E-state index is 0.874. The van der Waals surface area contributed by atoms with Gasteiger partial charge in [0.1, 0.15) is 0 Å². The van der Waals surface area contributed by atoms with Crippen molar-refractivity contribution in [2.24, 2.45) is 0 Å². The molecule has 0 saturated carbocycles. The van der Waals surface area contributed by atoms with Crippen molar-refractivity contribution in [2.75, 3.05) is 0 Å². The lowest BCUT2D eigenvalue weighted by Gasteiger charge is -2.20. The Morgan fingerprint density at radius 2 is 0.864 bits per heavy atom. The average molecular weight is 559 g/mol. The van der Waals surface area contributed by atoms with E-state index in [-0.39, 0.29) is 0 Å². The van der Waals surface area contributed by atoms with E-state index >= 15 is 0 Å². The van der Waals surface area contributed by atoms with E-state index in [0.717, 1.165) is 17.0 Å². The van der Waals surface area contributed by atoms with Crippen LogP contribution in [0.25, 0.3) is 88.6 Å². The number of hydrogen-bond donors (Lipinski definition) is 0. The molecule has 0 N–H and O–H groups in total. The molecule has 0 spiro atoms. The monoisotopic (exact) mass is 558 g/mol. The molecule has 9 rings (SSSR count). The second kappa shape index (κ2) is 9.86. The van der Waals surface area contributed by atoms with Crippen LogP contribution in [0.5, 0.6) is 0 Å². The zero-order chi connectivity index (χ0) is 29.0. The van der Waals surface area contributed by atoms with Gasteiger partial charge in [-0.05, 0) is 89.8 Å². The van der Waals surface area contributed by atoms with E-state index < -0.39 is 0 Å². The van der Waals surface area contributed by atoms with E-state index in [1.807, 2.05) is 36.7 Å². The molecule has 0 saturated heterocycles. The van der Waals surface area contributed by atoms with Gasteiger partial charge in [-0.25, -0.2) is 0 Å². The second-order valence-electron chi connectivity index (χ2n) is 11.3. The Morgan fingerprint density at radius 3 is 1.52 bits per heavy atom. The van der Waals surface area contributed by atoms with Crippen LogP contribution in [-0.4, -0.2) is 9.97 Å². The molecule has 0 aliphatic heterocycles. The topological polar surface area (TPSA) is 25.8 Å². The summed E-state index contributed by atoms with van der Waals surface area (Å²) in [6.07, 6.45) is 3.69. The van der Waals surface area contributed by atoms with Crippen LogP contribution >= 0.6 is 0 Å². The molecule has 1 aliphatic carbocycles. The fourth-order valence-corrected chi connectivity index (χ4v) is 7.17. The van der Waals surface area contributed by atoms with Crippen LogP contribution in [0, 0.1) is 0 Å². The minimum Gasteiger partial charge on any atom is -0.255 e. The highest BCUT2D eigenvalue weighted by Crippen LogP contribution is 2.58. The molecule has 0 atom stereocenters. The highest BCUT2D eigenvalue weighted by molar-refractivity contribution is 6.28. The van der Waals surface area contributed by atoms with Crippen LogP contribution in [0.15, 0.2) is 158 Å². The van der Waals surface area contributed by atoms with Gasteiger partial charge in [-0.2, -0.15) is 0 Å². The molecule has 6 aromatic carbocycles. The molecule has 0 unspecified atom stereocenters. The first-order valence-electron chi connectivity index (χ1n) is 15.0. The third-order valence-corrected chi connectivity index (χ3v) is 8.93. The van der Waals surface area contributed by atoms with Gasteiger partial charge in [-0.15, -0.1) is 0 Å². The number of fused-ring (bicyclic) bond motifs is 4. The number of rotatable bonds is 4. The quantitative estimate of drug-likeness (QED) is 0.215. The Bertz CT molecular complexity index is 2270. The van der Waals surface area contributed by atoms with Crippen molar-refractivity contribution in [2.45, 2.75) is 0 Å². The summed E-state index contributed by atoms with van der Waals surface area (Å²) in [5.74, 6) is 0. The van der Waals surface area contributed by atoms with Crippen molar-refractivity contribution in [1.82, 2.24) is 9.97 Å². The molecule has 0 fully saturated rings. The summed E-state index contributed by atoms with van der Waals surface area (Å²) in [6.45, 7) is 0. The first-order chi connectivity index (χ1) is 21.9. The lowest BCUT2D eigenvalue weighted by atomic mass is 9.82. The van der Waals surface area contributed by atoms with Crippen LogP contribution in [0.1, 0.15) is 0 Å². The molecular weight excluding hydrogens is 532 g/mol. The zero-order valence-corrected chi connectivity index (χ0v) is 23.9. The molecule has 2 heterocycles. The standard InChI is InChI=1S/C42H26N2/c1-3-13-27(14-4-1)37-31-17-7-8-18-32(31)38(28-15-5-2-6-16-28)41-35-24-23-29(30-19-11-20-34(39(30)35)40(37)41)33-21-12-26-44-42(33)36-22-9-10-25-43-36/h1-26H. The van der Waals surface area contributed by atoms with Crippen molar-refractivity contribution in [3.63, 3.8) is 0 Å². The predicted octanol–water partition coefficient (Wildman–Crippen LogP) is 11.1. The van der Waals surface area contributed by atoms with Crippen molar-refractivity contribution in [3.05, 3.63) is 158 Å². The second-order valence-corrected chi connectivity index (χ2v) is 11.3. The van der Waals surface area contributed by atoms with Crippen LogP contribution in [-0.2, 0) is 0 Å². The zero-order valence-electron chi connectivity index (χ0n) is 23.9. The van der Waals surface area contributed by atoms with E-state index in [9.17, 15) is 0 Å². The molecule has 0 amide bonds. The molecule has 1 aliphatic rings. The highest BCUT2D eigenvalue weighted by atomic mass is 14.8. The fourth-order valence-electron chi connectivity index (χ4n) is 7.17. The van der Waals surface area contributed by atoms with Gasteiger partial charge < -0.3 is 0 Å². The first-order valence-corrected chi connectivity index (χ1v) is 15.0. The maximum absolute atomic E-state index is 4.81. The summed E-state index contributed by atoms with van der Waals surface area (Å²) in [7, 11) is 0. The molecule has 8 aromatic rings.